The first-order chi connectivity index (χ1) is 7.74. The molecule has 1 aromatic rings. The normalized spacial score (nSPS) is 22.1. The van der Waals surface area contributed by atoms with Crippen molar-refractivity contribution in [3.63, 3.8) is 0 Å². The summed E-state index contributed by atoms with van der Waals surface area (Å²) in [7, 11) is 0. The average molecular weight is 226 g/mol. The average Bonchev–Trinajstić information content (AvgIpc) is 2.70. The lowest BCUT2D eigenvalue weighted by Crippen LogP contribution is -2.42. The Morgan fingerprint density at radius 3 is 3.25 bits per heavy atom. The summed E-state index contributed by atoms with van der Waals surface area (Å²) in [6, 6.07) is 1.81. The minimum absolute atomic E-state index is 0.0485. The van der Waals surface area contributed by atoms with Gasteiger partial charge in [-0.05, 0) is 0 Å². The summed E-state index contributed by atoms with van der Waals surface area (Å²) in [5.74, 6) is -0.0394. The molecule has 0 saturated carbocycles. The summed E-state index contributed by atoms with van der Waals surface area (Å²) in [6.45, 7) is 2.62. The summed E-state index contributed by atoms with van der Waals surface area (Å²) in [5.41, 5.74) is 0. The highest BCUT2D eigenvalue weighted by atomic mass is 16.5. The highest BCUT2D eigenvalue weighted by Crippen LogP contribution is 2.12. The van der Waals surface area contributed by atoms with Gasteiger partial charge in [0.15, 0.2) is 5.76 Å². The van der Waals surface area contributed by atoms with Gasteiger partial charge in [-0.3, -0.25) is 9.69 Å². The van der Waals surface area contributed by atoms with E-state index >= 15 is 0 Å². The van der Waals surface area contributed by atoms with Crippen molar-refractivity contribution in [2.24, 2.45) is 0 Å². The number of ether oxygens (including phenoxy) is 1. The first kappa shape index (κ1) is 11.1. The van der Waals surface area contributed by atoms with E-state index in [0.717, 1.165) is 12.3 Å². The Hall–Kier alpha value is -1.40. The Morgan fingerprint density at radius 1 is 1.69 bits per heavy atom. The number of carboxylic acid groups (broad SMARTS) is 1. The van der Waals surface area contributed by atoms with Crippen LogP contribution in [0.5, 0.6) is 0 Å². The van der Waals surface area contributed by atoms with Gasteiger partial charge in [-0.1, -0.05) is 5.16 Å². The van der Waals surface area contributed by atoms with Gasteiger partial charge in [0.25, 0.3) is 0 Å². The fourth-order valence-corrected chi connectivity index (χ4v) is 1.79. The zero-order chi connectivity index (χ0) is 11.4. The van der Waals surface area contributed by atoms with Gasteiger partial charge in [-0.2, -0.15) is 0 Å². The largest absolute Gasteiger partial charge is 0.481 e. The minimum atomic E-state index is -0.827. The maximum atomic E-state index is 10.6. The summed E-state index contributed by atoms with van der Waals surface area (Å²) in [5, 5.41) is 12.3. The molecule has 0 aliphatic carbocycles. The second-order valence-corrected chi connectivity index (χ2v) is 3.80. The van der Waals surface area contributed by atoms with Crippen LogP contribution in [0.2, 0.25) is 0 Å². The smallest absolute Gasteiger partial charge is 0.306 e. The van der Waals surface area contributed by atoms with Crippen molar-refractivity contribution in [1.29, 1.82) is 0 Å². The van der Waals surface area contributed by atoms with Gasteiger partial charge < -0.3 is 14.4 Å². The van der Waals surface area contributed by atoms with Crippen LogP contribution >= 0.6 is 0 Å². The molecule has 1 unspecified atom stereocenters. The van der Waals surface area contributed by atoms with Gasteiger partial charge in [0, 0.05) is 19.2 Å². The van der Waals surface area contributed by atoms with E-state index in [4.69, 9.17) is 14.4 Å². The maximum Gasteiger partial charge on any atom is 0.306 e. The molecule has 16 heavy (non-hydrogen) atoms. The molecule has 1 fully saturated rings. The minimum Gasteiger partial charge on any atom is -0.481 e. The topological polar surface area (TPSA) is 75.8 Å². The van der Waals surface area contributed by atoms with Crippen LogP contribution in [-0.4, -0.2) is 46.9 Å². The monoisotopic (exact) mass is 226 g/mol. The number of hydrogen-bond donors (Lipinski definition) is 1. The molecule has 88 valence electrons. The molecule has 1 saturated heterocycles. The van der Waals surface area contributed by atoms with Crippen LogP contribution in [0.15, 0.2) is 16.8 Å². The number of carboxylic acids is 1. The molecule has 1 aromatic heterocycles. The van der Waals surface area contributed by atoms with Gasteiger partial charge >= 0.3 is 5.97 Å². The van der Waals surface area contributed by atoms with Crippen LogP contribution in [0.4, 0.5) is 0 Å². The third-order valence-corrected chi connectivity index (χ3v) is 2.50. The van der Waals surface area contributed by atoms with Crippen LogP contribution in [0.25, 0.3) is 0 Å². The van der Waals surface area contributed by atoms with Gasteiger partial charge in [0.1, 0.15) is 0 Å². The van der Waals surface area contributed by atoms with Crippen LogP contribution in [-0.2, 0) is 16.1 Å². The van der Waals surface area contributed by atoms with E-state index in [9.17, 15) is 4.79 Å². The third kappa shape index (κ3) is 3.04. The lowest BCUT2D eigenvalue weighted by atomic mass is 10.2. The van der Waals surface area contributed by atoms with E-state index in [1.807, 2.05) is 6.07 Å². The van der Waals surface area contributed by atoms with Crippen molar-refractivity contribution in [3.05, 3.63) is 18.0 Å². The van der Waals surface area contributed by atoms with Gasteiger partial charge in [0.2, 0.25) is 0 Å². The molecule has 1 atom stereocenters. The quantitative estimate of drug-likeness (QED) is 0.798. The number of nitrogens with zero attached hydrogens (tertiary/aromatic N) is 2. The van der Waals surface area contributed by atoms with Gasteiger partial charge in [0.05, 0.1) is 31.9 Å². The number of aliphatic carboxylic acids is 1. The van der Waals surface area contributed by atoms with Crippen LogP contribution < -0.4 is 0 Å². The SMILES string of the molecule is O=C(O)CC1CN(Cc2ccno2)CCO1. The molecule has 2 heterocycles. The predicted molar refractivity (Wildman–Crippen MR) is 53.8 cm³/mol. The van der Waals surface area contributed by atoms with Gasteiger partial charge in [-0.15, -0.1) is 0 Å². The molecule has 1 N–H and O–H groups in total. The molecule has 0 radical (unpaired) electrons. The Balaban J connectivity index is 1.84. The molecule has 6 heteroatoms. The number of morpholine rings is 1. The van der Waals surface area contributed by atoms with E-state index < -0.39 is 5.97 Å². The van der Waals surface area contributed by atoms with E-state index in [-0.39, 0.29) is 12.5 Å². The number of rotatable bonds is 4. The Kier molecular flexibility index (Phi) is 3.53. The van der Waals surface area contributed by atoms with Crippen molar-refractivity contribution >= 4 is 5.97 Å². The molecular weight excluding hydrogens is 212 g/mol. The molecule has 0 aromatic carbocycles. The lowest BCUT2D eigenvalue weighted by molar-refractivity contribution is -0.142. The fourth-order valence-electron chi connectivity index (χ4n) is 1.79. The molecule has 0 bridgehead atoms. The second kappa shape index (κ2) is 5.09. The summed E-state index contributed by atoms with van der Waals surface area (Å²) < 4.78 is 10.4. The Morgan fingerprint density at radius 2 is 2.56 bits per heavy atom. The van der Waals surface area contributed by atoms with Crippen LogP contribution in [0.3, 0.4) is 0 Å². The highest BCUT2D eigenvalue weighted by molar-refractivity contribution is 5.67. The maximum absolute atomic E-state index is 10.6. The first-order valence-corrected chi connectivity index (χ1v) is 5.19. The lowest BCUT2D eigenvalue weighted by Gasteiger charge is -2.31. The van der Waals surface area contributed by atoms with Gasteiger partial charge in [-0.25, -0.2) is 0 Å². The van der Waals surface area contributed by atoms with Crippen molar-refractivity contribution < 1.29 is 19.2 Å². The molecule has 0 amide bonds. The molecule has 1 aliphatic heterocycles. The predicted octanol–water partition coefficient (Wildman–Crippen LogP) is 0.350. The number of carbonyl (C=O) groups is 1. The first-order valence-electron chi connectivity index (χ1n) is 5.19. The molecule has 6 nitrogen and oxygen atoms in total. The zero-order valence-electron chi connectivity index (χ0n) is 8.83. The van der Waals surface area contributed by atoms with E-state index in [1.165, 1.54) is 0 Å². The zero-order valence-corrected chi connectivity index (χ0v) is 8.83. The van der Waals surface area contributed by atoms with Crippen molar-refractivity contribution in [3.8, 4) is 0 Å². The molecule has 0 spiro atoms. The number of hydrogen-bond acceptors (Lipinski definition) is 5. The van der Waals surface area contributed by atoms with E-state index in [0.29, 0.717) is 19.7 Å². The second-order valence-electron chi connectivity index (χ2n) is 3.80. The van der Waals surface area contributed by atoms with Crippen molar-refractivity contribution in [2.75, 3.05) is 19.7 Å². The summed E-state index contributed by atoms with van der Waals surface area (Å²) in [4.78, 5) is 12.7. The highest BCUT2D eigenvalue weighted by Gasteiger charge is 2.23. The Labute approximate surface area is 92.8 Å². The summed E-state index contributed by atoms with van der Waals surface area (Å²) in [6.07, 6.45) is 1.42. The standard InChI is InChI=1S/C10H14N2O4/c13-10(14)5-9-7-12(3-4-15-9)6-8-1-2-11-16-8/h1-2,9H,3-7H2,(H,13,14). The fraction of sp³-hybridized carbons (Fsp3) is 0.600. The molecular formula is C10H14N2O4. The molecule has 1 aliphatic rings. The van der Waals surface area contributed by atoms with E-state index in [1.54, 1.807) is 6.20 Å². The Bertz CT molecular complexity index is 339. The van der Waals surface area contributed by atoms with E-state index in [2.05, 4.69) is 10.1 Å². The van der Waals surface area contributed by atoms with Crippen molar-refractivity contribution in [2.45, 2.75) is 19.1 Å². The molecule has 2 rings (SSSR count). The van der Waals surface area contributed by atoms with Crippen molar-refractivity contribution in [1.82, 2.24) is 10.1 Å². The summed E-state index contributed by atoms with van der Waals surface area (Å²) >= 11 is 0. The number of aromatic nitrogens is 1. The third-order valence-electron chi connectivity index (χ3n) is 2.50. The van der Waals surface area contributed by atoms with Crippen LogP contribution in [0.1, 0.15) is 12.2 Å². The van der Waals surface area contributed by atoms with Crippen LogP contribution in [0, 0.1) is 0 Å².